The SMILES string of the molecule is Cc1ccccc1NCCN(C)Cc1cccs1. The number of anilines is 1. The highest BCUT2D eigenvalue weighted by Crippen LogP contribution is 2.13. The van der Waals surface area contributed by atoms with Gasteiger partial charge in [0.1, 0.15) is 0 Å². The summed E-state index contributed by atoms with van der Waals surface area (Å²) in [6, 6.07) is 12.7. The molecule has 0 atom stereocenters. The third-order valence-electron chi connectivity index (χ3n) is 2.96. The monoisotopic (exact) mass is 260 g/mol. The standard InChI is InChI=1S/C15H20N2S/c1-13-6-3-4-8-15(13)16-9-10-17(2)12-14-7-5-11-18-14/h3-8,11,16H,9-10,12H2,1-2H3. The van der Waals surface area contributed by atoms with Crippen LogP contribution in [0.1, 0.15) is 10.4 Å². The summed E-state index contributed by atoms with van der Waals surface area (Å²) >= 11 is 1.82. The van der Waals surface area contributed by atoms with E-state index in [2.05, 4.69) is 66.0 Å². The fourth-order valence-corrected chi connectivity index (χ4v) is 2.68. The minimum absolute atomic E-state index is 0.979. The van der Waals surface area contributed by atoms with Gasteiger partial charge in [0.05, 0.1) is 0 Å². The molecule has 2 aromatic rings. The number of hydrogen-bond donors (Lipinski definition) is 1. The van der Waals surface area contributed by atoms with Crippen molar-refractivity contribution in [2.45, 2.75) is 13.5 Å². The molecule has 0 amide bonds. The van der Waals surface area contributed by atoms with E-state index in [1.807, 2.05) is 11.3 Å². The number of hydrogen-bond acceptors (Lipinski definition) is 3. The zero-order valence-corrected chi connectivity index (χ0v) is 11.8. The van der Waals surface area contributed by atoms with Crippen molar-refractivity contribution in [3.63, 3.8) is 0 Å². The molecule has 0 saturated heterocycles. The Balaban J connectivity index is 1.74. The maximum Gasteiger partial charge on any atom is 0.0370 e. The number of nitrogens with zero attached hydrogens (tertiary/aromatic N) is 1. The zero-order valence-electron chi connectivity index (χ0n) is 11.0. The summed E-state index contributed by atoms with van der Waals surface area (Å²) in [6.07, 6.45) is 0. The average Bonchev–Trinajstić information content (AvgIpc) is 2.84. The van der Waals surface area contributed by atoms with E-state index in [0.717, 1.165) is 19.6 Å². The molecule has 0 radical (unpaired) electrons. The van der Waals surface area contributed by atoms with Gasteiger partial charge < -0.3 is 5.32 Å². The van der Waals surface area contributed by atoms with E-state index < -0.39 is 0 Å². The maximum absolute atomic E-state index is 3.49. The first-order chi connectivity index (χ1) is 8.75. The van der Waals surface area contributed by atoms with E-state index in [1.165, 1.54) is 16.1 Å². The number of likely N-dealkylation sites (N-methyl/N-ethyl adjacent to an activating group) is 1. The molecule has 2 rings (SSSR count). The molecule has 0 spiro atoms. The molecule has 0 unspecified atom stereocenters. The minimum Gasteiger partial charge on any atom is -0.384 e. The number of para-hydroxylation sites is 1. The summed E-state index contributed by atoms with van der Waals surface area (Å²) in [4.78, 5) is 3.77. The smallest absolute Gasteiger partial charge is 0.0370 e. The molecule has 0 aliphatic carbocycles. The summed E-state index contributed by atoms with van der Waals surface area (Å²) in [5, 5.41) is 5.62. The van der Waals surface area contributed by atoms with Crippen molar-refractivity contribution in [3.05, 3.63) is 52.2 Å². The third kappa shape index (κ3) is 3.86. The second kappa shape index (κ2) is 6.57. The van der Waals surface area contributed by atoms with E-state index in [4.69, 9.17) is 0 Å². The van der Waals surface area contributed by atoms with Crippen LogP contribution in [0.3, 0.4) is 0 Å². The van der Waals surface area contributed by atoms with Crippen molar-refractivity contribution < 1.29 is 0 Å². The van der Waals surface area contributed by atoms with Crippen molar-refractivity contribution >= 4 is 17.0 Å². The Morgan fingerprint density at radius 2 is 2.00 bits per heavy atom. The molecule has 2 nitrogen and oxygen atoms in total. The van der Waals surface area contributed by atoms with Gasteiger partial charge in [-0.3, -0.25) is 4.90 Å². The number of benzene rings is 1. The second-order valence-corrected chi connectivity index (χ2v) is 5.59. The zero-order chi connectivity index (χ0) is 12.8. The van der Waals surface area contributed by atoms with E-state index in [9.17, 15) is 0 Å². The predicted molar refractivity (Wildman–Crippen MR) is 80.3 cm³/mol. The molecule has 3 heteroatoms. The first kappa shape index (κ1) is 13.1. The van der Waals surface area contributed by atoms with Crippen LogP contribution in [0.25, 0.3) is 0 Å². The quantitative estimate of drug-likeness (QED) is 0.853. The summed E-state index contributed by atoms with van der Waals surface area (Å²) in [6.45, 7) is 5.20. The van der Waals surface area contributed by atoms with E-state index in [0.29, 0.717) is 0 Å². The highest BCUT2D eigenvalue weighted by atomic mass is 32.1. The van der Waals surface area contributed by atoms with Gasteiger partial charge >= 0.3 is 0 Å². The molecular formula is C15H20N2S. The second-order valence-electron chi connectivity index (χ2n) is 4.56. The largest absolute Gasteiger partial charge is 0.384 e. The van der Waals surface area contributed by atoms with Gasteiger partial charge in [-0.25, -0.2) is 0 Å². The Bertz CT molecular complexity index is 465. The van der Waals surface area contributed by atoms with Crippen LogP contribution in [0.5, 0.6) is 0 Å². The van der Waals surface area contributed by atoms with Gasteiger partial charge in [0.15, 0.2) is 0 Å². The lowest BCUT2D eigenvalue weighted by Gasteiger charge is -2.17. The van der Waals surface area contributed by atoms with E-state index in [1.54, 1.807) is 0 Å². The summed E-state index contributed by atoms with van der Waals surface area (Å²) in [5.41, 5.74) is 2.54. The fourth-order valence-electron chi connectivity index (χ4n) is 1.90. The lowest BCUT2D eigenvalue weighted by atomic mass is 10.2. The third-order valence-corrected chi connectivity index (χ3v) is 3.82. The molecule has 0 bridgehead atoms. The Morgan fingerprint density at radius 1 is 1.17 bits per heavy atom. The molecule has 0 aliphatic heterocycles. The van der Waals surface area contributed by atoms with Crippen molar-refractivity contribution in [1.29, 1.82) is 0 Å². The highest BCUT2D eigenvalue weighted by Gasteiger charge is 2.01. The number of aryl methyl sites for hydroxylation is 1. The Kier molecular flexibility index (Phi) is 4.79. The molecular weight excluding hydrogens is 240 g/mol. The minimum atomic E-state index is 0.979. The first-order valence-electron chi connectivity index (χ1n) is 6.26. The molecule has 96 valence electrons. The van der Waals surface area contributed by atoms with E-state index in [-0.39, 0.29) is 0 Å². The van der Waals surface area contributed by atoms with Crippen LogP contribution in [0.4, 0.5) is 5.69 Å². The van der Waals surface area contributed by atoms with Gasteiger partial charge in [0.25, 0.3) is 0 Å². The van der Waals surface area contributed by atoms with Crippen molar-refractivity contribution in [3.8, 4) is 0 Å². The first-order valence-corrected chi connectivity index (χ1v) is 7.14. The average molecular weight is 260 g/mol. The van der Waals surface area contributed by atoms with Crippen LogP contribution in [0.2, 0.25) is 0 Å². The molecule has 1 heterocycles. The van der Waals surface area contributed by atoms with Crippen molar-refractivity contribution in [1.82, 2.24) is 4.90 Å². The van der Waals surface area contributed by atoms with E-state index >= 15 is 0 Å². The van der Waals surface area contributed by atoms with Gasteiger partial charge in [0.2, 0.25) is 0 Å². The van der Waals surface area contributed by atoms with Crippen LogP contribution in [-0.4, -0.2) is 25.0 Å². The molecule has 1 N–H and O–H groups in total. The summed E-state index contributed by atoms with van der Waals surface area (Å²) < 4.78 is 0. The lowest BCUT2D eigenvalue weighted by molar-refractivity contribution is 0.343. The Hall–Kier alpha value is -1.32. The van der Waals surface area contributed by atoms with Gasteiger partial charge in [-0.05, 0) is 37.0 Å². The highest BCUT2D eigenvalue weighted by molar-refractivity contribution is 7.09. The fraction of sp³-hybridized carbons (Fsp3) is 0.333. The van der Waals surface area contributed by atoms with Crippen LogP contribution in [0.15, 0.2) is 41.8 Å². The maximum atomic E-state index is 3.49. The Morgan fingerprint density at radius 3 is 2.72 bits per heavy atom. The van der Waals surface area contributed by atoms with Gasteiger partial charge in [0, 0.05) is 30.2 Å². The molecule has 1 aromatic heterocycles. The molecule has 1 aromatic carbocycles. The van der Waals surface area contributed by atoms with Crippen molar-refractivity contribution in [2.75, 3.05) is 25.5 Å². The van der Waals surface area contributed by atoms with Crippen LogP contribution in [-0.2, 0) is 6.54 Å². The van der Waals surface area contributed by atoms with Gasteiger partial charge in [-0.15, -0.1) is 11.3 Å². The molecule has 0 aliphatic rings. The van der Waals surface area contributed by atoms with Crippen LogP contribution >= 0.6 is 11.3 Å². The summed E-state index contributed by atoms with van der Waals surface area (Å²) in [5.74, 6) is 0. The summed E-state index contributed by atoms with van der Waals surface area (Å²) in [7, 11) is 2.17. The normalized spacial score (nSPS) is 10.8. The molecule has 0 saturated carbocycles. The number of nitrogens with one attached hydrogen (secondary N) is 1. The van der Waals surface area contributed by atoms with Crippen LogP contribution < -0.4 is 5.32 Å². The number of thiophene rings is 1. The topological polar surface area (TPSA) is 15.3 Å². The number of rotatable bonds is 6. The Labute approximate surface area is 113 Å². The van der Waals surface area contributed by atoms with Crippen LogP contribution in [0, 0.1) is 6.92 Å². The molecule has 0 fully saturated rings. The molecule has 18 heavy (non-hydrogen) atoms. The van der Waals surface area contributed by atoms with Gasteiger partial charge in [-0.2, -0.15) is 0 Å². The lowest BCUT2D eigenvalue weighted by Crippen LogP contribution is -2.24. The van der Waals surface area contributed by atoms with Crippen molar-refractivity contribution in [2.24, 2.45) is 0 Å². The van der Waals surface area contributed by atoms with Gasteiger partial charge in [-0.1, -0.05) is 24.3 Å². The predicted octanol–water partition coefficient (Wildman–Crippen LogP) is 3.60.